The highest BCUT2D eigenvalue weighted by atomic mass is 35.5. The third-order valence-electron chi connectivity index (χ3n) is 4.17. The van der Waals surface area contributed by atoms with E-state index in [1.807, 2.05) is 4.57 Å². The lowest BCUT2D eigenvalue weighted by atomic mass is 10.1. The molecular weight excluding hydrogens is 291 g/mol. The molecule has 0 aliphatic carbocycles. The Labute approximate surface area is 128 Å². The van der Waals surface area contributed by atoms with E-state index in [0.29, 0.717) is 17.0 Å². The summed E-state index contributed by atoms with van der Waals surface area (Å²) in [6.45, 7) is 5.24. The molecule has 6 heteroatoms. The highest BCUT2D eigenvalue weighted by Gasteiger charge is 2.19. The van der Waals surface area contributed by atoms with Gasteiger partial charge >= 0.3 is 0 Å². The average Bonchev–Trinajstić information content (AvgIpc) is 2.75. The Morgan fingerprint density at radius 1 is 1.33 bits per heavy atom. The number of likely N-dealkylation sites (tertiary alicyclic amines) is 1. The topological polar surface area (TPSA) is 47.1 Å². The Balaban J connectivity index is 1.91. The number of benzene rings is 1. The SMILES string of the molecule is CC(CN1CCCCC1)n1c(N)nc2cc(Cl)c(F)cc21. The van der Waals surface area contributed by atoms with Crippen LogP contribution in [-0.2, 0) is 0 Å². The van der Waals surface area contributed by atoms with Crippen molar-refractivity contribution in [3.8, 4) is 0 Å². The van der Waals surface area contributed by atoms with Crippen molar-refractivity contribution in [2.24, 2.45) is 0 Å². The first-order valence-electron chi connectivity index (χ1n) is 7.41. The zero-order valence-corrected chi connectivity index (χ0v) is 12.9. The summed E-state index contributed by atoms with van der Waals surface area (Å²) < 4.78 is 15.6. The summed E-state index contributed by atoms with van der Waals surface area (Å²) in [5.41, 5.74) is 7.38. The number of halogens is 2. The normalized spacial score (nSPS) is 18.2. The molecule has 2 heterocycles. The molecule has 1 unspecified atom stereocenters. The standard InChI is InChI=1S/C15H20ClFN4/c1-10(9-20-5-3-2-4-6-20)21-14-8-12(17)11(16)7-13(14)19-15(21)18/h7-8,10H,2-6,9H2,1H3,(H2,18,19). The third kappa shape index (κ3) is 2.85. The molecule has 2 aromatic rings. The summed E-state index contributed by atoms with van der Waals surface area (Å²) in [6, 6.07) is 3.11. The maximum atomic E-state index is 13.7. The van der Waals surface area contributed by atoms with Gasteiger partial charge in [0.05, 0.1) is 16.1 Å². The number of hydrogen-bond acceptors (Lipinski definition) is 3. The van der Waals surface area contributed by atoms with Crippen LogP contribution >= 0.6 is 11.6 Å². The molecule has 2 N–H and O–H groups in total. The molecule has 0 saturated carbocycles. The van der Waals surface area contributed by atoms with Gasteiger partial charge in [0.25, 0.3) is 0 Å². The monoisotopic (exact) mass is 310 g/mol. The Hall–Kier alpha value is -1.33. The van der Waals surface area contributed by atoms with Crippen molar-refractivity contribution < 1.29 is 4.39 Å². The minimum atomic E-state index is -0.435. The average molecular weight is 311 g/mol. The van der Waals surface area contributed by atoms with E-state index in [0.717, 1.165) is 19.6 Å². The van der Waals surface area contributed by atoms with Gasteiger partial charge in [-0.25, -0.2) is 9.37 Å². The molecule has 0 spiro atoms. The molecule has 0 radical (unpaired) electrons. The van der Waals surface area contributed by atoms with E-state index >= 15 is 0 Å². The smallest absolute Gasteiger partial charge is 0.201 e. The second-order valence-electron chi connectivity index (χ2n) is 5.81. The lowest BCUT2D eigenvalue weighted by molar-refractivity contribution is 0.204. The van der Waals surface area contributed by atoms with E-state index in [9.17, 15) is 4.39 Å². The summed E-state index contributed by atoms with van der Waals surface area (Å²) in [4.78, 5) is 6.74. The summed E-state index contributed by atoms with van der Waals surface area (Å²) in [7, 11) is 0. The van der Waals surface area contributed by atoms with Gasteiger partial charge in [-0.05, 0) is 38.9 Å². The molecule has 114 valence electrons. The fourth-order valence-corrected chi connectivity index (χ4v) is 3.33. The minimum absolute atomic E-state index is 0.0795. The van der Waals surface area contributed by atoms with E-state index in [-0.39, 0.29) is 11.1 Å². The molecule has 0 amide bonds. The van der Waals surface area contributed by atoms with Crippen LogP contribution < -0.4 is 5.73 Å². The van der Waals surface area contributed by atoms with Crippen LogP contribution in [0.5, 0.6) is 0 Å². The van der Waals surface area contributed by atoms with Gasteiger partial charge in [0.1, 0.15) is 5.82 Å². The van der Waals surface area contributed by atoms with E-state index < -0.39 is 5.82 Å². The summed E-state index contributed by atoms with van der Waals surface area (Å²) >= 11 is 5.81. The molecule has 1 aromatic carbocycles. The number of rotatable bonds is 3. The zero-order valence-electron chi connectivity index (χ0n) is 12.1. The van der Waals surface area contributed by atoms with Crippen molar-refractivity contribution in [1.29, 1.82) is 0 Å². The van der Waals surface area contributed by atoms with Crippen molar-refractivity contribution in [1.82, 2.24) is 14.5 Å². The first-order chi connectivity index (χ1) is 10.1. The molecule has 4 nitrogen and oxygen atoms in total. The Morgan fingerprint density at radius 2 is 2.05 bits per heavy atom. The molecule has 1 saturated heterocycles. The molecule has 1 fully saturated rings. The van der Waals surface area contributed by atoms with Crippen LogP contribution in [0.1, 0.15) is 32.2 Å². The van der Waals surface area contributed by atoms with Crippen molar-refractivity contribution in [2.45, 2.75) is 32.2 Å². The van der Waals surface area contributed by atoms with Gasteiger partial charge in [0.15, 0.2) is 0 Å². The number of aromatic nitrogens is 2. The lowest BCUT2D eigenvalue weighted by Gasteiger charge is -2.30. The predicted octanol–water partition coefficient (Wildman–Crippen LogP) is 3.46. The van der Waals surface area contributed by atoms with Crippen molar-refractivity contribution >= 4 is 28.6 Å². The van der Waals surface area contributed by atoms with E-state index in [1.165, 1.54) is 31.4 Å². The van der Waals surface area contributed by atoms with Crippen molar-refractivity contribution in [2.75, 3.05) is 25.4 Å². The molecule has 21 heavy (non-hydrogen) atoms. The number of fused-ring (bicyclic) bond motifs is 1. The van der Waals surface area contributed by atoms with Crippen LogP contribution in [0.3, 0.4) is 0 Å². The number of hydrogen-bond donors (Lipinski definition) is 1. The van der Waals surface area contributed by atoms with Gasteiger partial charge in [0.2, 0.25) is 5.95 Å². The van der Waals surface area contributed by atoms with Crippen LogP contribution in [0.25, 0.3) is 11.0 Å². The summed E-state index contributed by atoms with van der Waals surface area (Å²) in [6.07, 6.45) is 3.80. The quantitative estimate of drug-likeness (QED) is 0.944. The lowest BCUT2D eigenvalue weighted by Crippen LogP contribution is -2.34. The minimum Gasteiger partial charge on any atom is -0.369 e. The first kappa shape index (κ1) is 14.6. The largest absolute Gasteiger partial charge is 0.369 e. The molecular formula is C15H20ClFN4. The van der Waals surface area contributed by atoms with E-state index in [1.54, 1.807) is 0 Å². The molecule has 1 aromatic heterocycles. The first-order valence-corrected chi connectivity index (χ1v) is 7.79. The molecule has 1 atom stereocenters. The van der Waals surface area contributed by atoms with Gasteiger partial charge in [-0.3, -0.25) is 0 Å². The summed E-state index contributed by atoms with van der Waals surface area (Å²) in [5.74, 6) is -0.0216. The fourth-order valence-electron chi connectivity index (χ4n) is 3.17. The Morgan fingerprint density at radius 3 is 2.76 bits per heavy atom. The number of imidazole rings is 1. The fraction of sp³-hybridized carbons (Fsp3) is 0.533. The maximum Gasteiger partial charge on any atom is 0.201 e. The maximum absolute atomic E-state index is 13.7. The van der Waals surface area contributed by atoms with Gasteiger partial charge in [-0.1, -0.05) is 18.0 Å². The van der Waals surface area contributed by atoms with Crippen LogP contribution in [0.15, 0.2) is 12.1 Å². The van der Waals surface area contributed by atoms with Gasteiger partial charge < -0.3 is 15.2 Å². The van der Waals surface area contributed by atoms with Crippen molar-refractivity contribution in [3.63, 3.8) is 0 Å². The van der Waals surface area contributed by atoms with Gasteiger partial charge in [-0.15, -0.1) is 0 Å². The number of nitrogens with zero attached hydrogens (tertiary/aromatic N) is 3. The van der Waals surface area contributed by atoms with Crippen LogP contribution in [0.2, 0.25) is 5.02 Å². The molecule has 1 aliphatic rings. The van der Waals surface area contributed by atoms with E-state index in [4.69, 9.17) is 17.3 Å². The number of nitrogens with two attached hydrogens (primary N) is 1. The number of nitrogen functional groups attached to an aromatic ring is 1. The highest BCUT2D eigenvalue weighted by molar-refractivity contribution is 6.31. The van der Waals surface area contributed by atoms with Crippen LogP contribution in [0, 0.1) is 5.82 Å². The third-order valence-corrected chi connectivity index (χ3v) is 4.46. The second kappa shape index (κ2) is 5.81. The number of anilines is 1. The molecule has 0 bridgehead atoms. The van der Waals surface area contributed by atoms with Gasteiger partial charge in [-0.2, -0.15) is 0 Å². The second-order valence-corrected chi connectivity index (χ2v) is 6.21. The van der Waals surface area contributed by atoms with Crippen molar-refractivity contribution in [3.05, 3.63) is 23.0 Å². The van der Waals surface area contributed by atoms with Gasteiger partial charge in [0, 0.05) is 18.7 Å². The highest BCUT2D eigenvalue weighted by Crippen LogP contribution is 2.28. The number of piperidine rings is 1. The summed E-state index contributed by atoms with van der Waals surface area (Å²) in [5, 5.41) is 0.0795. The predicted molar refractivity (Wildman–Crippen MR) is 84.1 cm³/mol. The zero-order chi connectivity index (χ0) is 15.0. The van der Waals surface area contributed by atoms with E-state index in [2.05, 4.69) is 16.8 Å². The van der Waals surface area contributed by atoms with Crippen LogP contribution in [0.4, 0.5) is 10.3 Å². The Kier molecular flexibility index (Phi) is 4.04. The molecule has 3 rings (SSSR count). The van der Waals surface area contributed by atoms with Crippen LogP contribution in [-0.4, -0.2) is 34.1 Å². The molecule has 1 aliphatic heterocycles. The Bertz CT molecular complexity index is 649.